The van der Waals surface area contributed by atoms with E-state index in [0.29, 0.717) is 11.8 Å². The van der Waals surface area contributed by atoms with Crippen molar-refractivity contribution in [3.05, 3.63) is 81.2 Å². The van der Waals surface area contributed by atoms with Crippen LogP contribution in [0.15, 0.2) is 81.2 Å². The van der Waals surface area contributed by atoms with E-state index in [2.05, 4.69) is 64.1 Å². The third-order valence-corrected chi connectivity index (χ3v) is 15.2. The van der Waals surface area contributed by atoms with Crippen molar-refractivity contribution in [1.82, 2.24) is 5.32 Å². The van der Waals surface area contributed by atoms with Crippen molar-refractivity contribution < 1.29 is 17.2 Å². The number of hydrogen-bond acceptors (Lipinski definition) is 1. The van der Waals surface area contributed by atoms with Gasteiger partial charge < -0.3 is 0 Å². The second-order valence-corrected chi connectivity index (χ2v) is 16.4. The van der Waals surface area contributed by atoms with Gasteiger partial charge in [-0.25, -0.2) is 0 Å². The van der Waals surface area contributed by atoms with Crippen LogP contribution < -0.4 is 22.5 Å². The molecule has 0 aromatic carbocycles. The normalized spacial score (nSPS) is 32.6. The van der Waals surface area contributed by atoms with Crippen LogP contribution in [0.1, 0.15) is 32.1 Å². The Kier molecular flexibility index (Phi) is 5.68. The van der Waals surface area contributed by atoms with Crippen molar-refractivity contribution in [3.63, 3.8) is 0 Å². The quantitative estimate of drug-likeness (QED) is 0.495. The molecule has 0 saturated carbocycles. The fraction of sp³-hybridized carbons (Fsp3) is 0.375. The van der Waals surface area contributed by atoms with E-state index in [9.17, 15) is 0 Å². The molecule has 2 heterocycles. The van der Waals surface area contributed by atoms with Gasteiger partial charge in [-0.1, -0.05) is 0 Å². The van der Waals surface area contributed by atoms with E-state index in [4.69, 9.17) is 0 Å². The first-order valence-electron chi connectivity index (χ1n) is 10.1. The predicted octanol–water partition coefficient (Wildman–Crippen LogP) is 2.88. The molecule has 0 bridgehead atoms. The van der Waals surface area contributed by atoms with Crippen LogP contribution in [0.3, 0.4) is 0 Å². The molecule has 5 aliphatic rings. The van der Waals surface area contributed by atoms with Crippen LogP contribution in [-0.2, 0) is 0 Å². The number of halogens is 2. The molecule has 0 aromatic heterocycles. The van der Waals surface area contributed by atoms with Gasteiger partial charge in [-0.15, -0.1) is 0 Å². The molecule has 2 aliphatic heterocycles. The third kappa shape index (κ3) is 3.66. The summed E-state index contributed by atoms with van der Waals surface area (Å²) in [5.41, 5.74) is 6.47. The van der Waals surface area contributed by atoms with Crippen LogP contribution in [0.2, 0.25) is 0 Å². The molecule has 5 rings (SSSR count). The Hall–Kier alpha value is -0.690. The number of hydrogen-bond donors (Lipinski definition) is 1. The van der Waals surface area contributed by atoms with E-state index in [-0.39, 0.29) is 34.0 Å². The maximum atomic E-state index is 3.84. The Bertz CT molecular complexity index is 863. The fourth-order valence-electron chi connectivity index (χ4n) is 4.89. The molecule has 0 radical (unpaired) electrons. The van der Waals surface area contributed by atoms with E-state index < -0.39 is 0 Å². The van der Waals surface area contributed by atoms with Gasteiger partial charge in [0.05, 0.1) is 0 Å². The summed E-state index contributed by atoms with van der Waals surface area (Å²) >= 11 is 0.451. The van der Waals surface area contributed by atoms with E-state index >= 15 is 0 Å². The first kappa shape index (κ1) is 18.3. The first-order chi connectivity index (χ1) is 13.4. The van der Waals surface area contributed by atoms with E-state index in [1.54, 1.807) is 22.4 Å². The SMILES string of the molecule is C1=CCC(C2=CCNC3=C2CCC2C3=I[I-]C=CC2C2=CCCC=C2)C=C1. The second-order valence-electron chi connectivity index (χ2n) is 7.72. The van der Waals surface area contributed by atoms with E-state index in [1.165, 1.54) is 32.1 Å². The molecule has 0 fully saturated rings. The van der Waals surface area contributed by atoms with Crippen LogP contribution in [-0.4, -0.2) is 10.1 Å². The molecule has 3 unspecified atom stereocenters. The monoisotopic (exact) mass is 582 g/mol. The zero-order valence-corrected chi connectivity index (χ0v) is 19.8. The van der Waals surface area contributed by atoms with Crippen molar-refractivity contribution >= 4 is 20.3 Å². The summed E-state index contributed by atoms with van der Waals surface area (Å²) in [6.45, 7) is 1.02. The van der Waals surface area contributed by atoms with Crippen molar-refractivity contribution in [2.45, 2.75) is 32.1 Å². The van der Waals surface area contributed by atoms with E-state index in [0.717, 1.165) is 12.5 Å². The Balaban J connectivity index is 1.49. The average molecular weight is 582 g/mol. The van der Waals surface area contributed by atoms with Crippen LogP contribution in [0.5, 0.6) is 0 Å². The predicted molar refractivity (Wildman–Crippen MR) is 120 cm³/mol. The minimum atomic E-state index is 0.201. The van der Waals surface area contributed by atoms with Gasteiger partial charge in [0, 0.05) is 0 Å². The molecule has 0 amide bonds. The Morgan fingerprint density at radius 3 is 2.93 bits per heavy atom. The van der Waals surface area contributed by atoms with Crippen molar-refractivity contribution in [3.8, 4) is 0 Å². The molecule has 1 N–H and O–H groups in total. The van der Waals surface area contributed by atoms with Crippen LogP contribution >= 0.6 is 16.8 Å². The van der Waals surface area contributed by atoms with Gasteiger partial charge in [0.1, 0.15) is 0 Å². The minimum absolute atomic E-state index is 0.201. The van der Waals surface area contributed by atoms with Gasteiger partial charge in [-0.05, 0) is 0 Å². The maximum absolute atomic E-state index is 3.84. The van der Waals surface area contributed by atoms with Gasteiger partial charge >= 0.3 is 180 Å². The van der Waals surface area contributed by atoms with Crippen molar-refractivity contribution in [2.24, 2.45) is 17.8 Å². The molecule has 3 heteroatoms. The fourth-order valence-corrected chi connectivity index (χ4v) is 14.7. The average Bonchev–Trinajstić information content (AvgIpc) is 2.97. The van der Waals surface area contributed by atoms with Crippen molar-refractivity contribution in [2.75, 3.05) is 6.54 Å². The summed E-state index contributed by atoms with van der Waals surface area (Å²) in [5, 5.41) is 3.84. The van der Waals surface area contributed by atoms with Gasteiger partial charge in [-0.2, -0.15) is 0 Å². The number of fused-ring (bicyclic) bond motifs is 2. The van der Waals surface area contributed by atoms with E-state index in [1.807, 2.05) is 3.51 Å². The molecular formula is C24H26I2N-. The molecule has 1 nitrogen and oxygen atoms in total. The Morgan fingerprint density at radius 1 is 1.07 bits per heavy atom. The first-order valence-corrected chi connectivity index (χ1v) is 18.7. The molecule has 0 saturated heterocycles. The summed E-state index contributed by atoms with van der Waals surface area (Å²) in [5.74, 6) is 1.97. The molecule has 27 heavy (non-hydrogen) atoms. The van der Waals surface area contributed by atoms with Crippen LogP contribution in [0.4, 0.5) is 0 Å². The number of dihydropyridines is 1. The topological polar surface area (TPSA) is 12.0 Å². The van der Waals surface area contributed by atoms with Gasteiger partial charge in [0.2, 0.25) is 0 Å². The number of rotatable bonds is 2. The summed E-state index contributed by atoms with van der Waals surface area (Å²) < 4.78 is 4.46. The molecule has 142 valence electrons. The molecule has 0 aromatic rings. The second kappa shape index (κ2) is 8.36. The van der Waals surface area contributed by atoms with Gasteiger partial charge in [0.15, 0.2) is 0 Å². The van der Waals surface area contributed by atoms with Crippen LogP contribution in [0, 0.1) is 17.8 Å². The summed E-state index contributed by atoms with van der Waals surface area (Å²) in [4.78, 5) is 0. The number of nitrogens with one attached hydrogen (secondary N) is 1. The molecule has 3 aliphatic carbocycles. The molecular weight excluding hydrogens is 556 g/mol. The number of allylic oxidation sites excluding steroid dienone is 12. The standard InChI is InChI=1S/C24H26I2N/c1-3-7-17(8-4-1)19-13-15-25-26-23-21(19)11-12-22-20(14-16-27-24(22)23)18-9-5-2-6-10-18/h2-3,5-9,13-15,18-19,21,27H,1,4,10-12,16H2/q-1. The zero-order valence-electron chi connectivity index (χ0n) is 15.5. The van der Waals surface area contributed by atoms with Crippen molar-refractivity contribution in [1.29, 1.82) is 0 Å². The van der Waals surface area contributed by atoms with Crippen LogP contribution in [0.25, 0.3) is 0 Å². The molecule has 3 atom stereocenters. The summed E-state index contributed by atoms with van der Waals surface area (Å²) in [7, 11) is 0. The zero-order chi connectivity index (χ0) is 18.1. The Morgan fingerprint density at radius 2 is 2.07 bits per heavy atom. The third-order valence-electron chi connectivity index (χ3n) is 6.19. The van der Waals surface area contributed by atoms with Gasteiger partial charge in [-0.3, -0.25) is 0 Å². The summed E-state index contributed by atoms with van der Waals surface area (Å²) in [6, 6.07) is 0. The molecule has 0 spiro atoms. The van der Waals surface area contributed by atoms with Gasteiger partial charge in [0.25, 0.3) is 0 Å². The Labute approximate surface area is 179 Å². The summed E-state index contributed by atoms with van der Waals surface area (Å²) in [6.07, 6.45) is 27.7.